The molecule has 0 saturated heterocycles. The number of amides is 1. The Morgan fingerprint density at radius 3 is 2.62 bits per heavy atom. The number of nitrogens with zero attached hydrogens (tertiary/aromatic N) is 1. The minimum absolute atomic E-state index is 0.0177. The Hall–Kier alpha value is -2.92. The highest BCUT2D eigenvalue weighted by Crippen LogP contribution is 2.25. The second-order valence-corrected chi connectivity index (χ2v) is 7.79. The van der Waals surface area contributed by atoms with Crippen LogP contribution in [0.1, 0.15) is 48.2 Å². The van der Waals surface area contributed by atoms with Crippen LogP contribution < -0.4 is 10.7 Å². The first kappa shape index (κ1) is 19.4. The molecule has 29 heavy (non-hydrogen) atoms. The maximum absolute atomic E-state index is 12.8. The largest absolute Gasteiger partial charge is 0.451 e. The number of benzene rings is 2. The molecule has 0 unspecified atom stereocenters. The Labute approximate surface area is 170 Å². The average Bonchev–Trinajstić information content (AvgIpc) is 2.75. The van der Waals surface area contributed by atoms with Gasteiger partial charge in [0.05, 0.1) is 5.39 Å². The number of anilines is 1. The van der Waals surface area contributed by atoms with Crippen molar-refractivity contribution in [3.63, 3.8) is 0 Å². The molecular formula is C24H26N2O3. The molecule has 0 atom stereocenters. The van der Waals surface area contributed by atoms with E-state index in [1.54, 1.807) is 24.3 Å². The van der Waals surface area contributed by atoms with E-state index in [9.17, 15) is 9.59 Å². The van der Waals surface area contributed by atoms with Gasteiger partial charge in [-0.25, -0.2) is 0 Å². The molecule has 1 fully saturated rings. The van der Waals surface area contributed by atoms with E-state index in [2.05, 4.69) is 17.3 Å². The predicted octanol–water partition coefficient (Wildman–Crippen LogP) is 4.81. The molecule has 1 N–H and O–H groups in total. The molecule has 1 heterocycles. The number of rotatable bonds is 5. The van der Waals surface area contributed by atoms with Gasteiger partial charge in [-0.2, -0.15) is 0 Å². The molecule has 4 rings (SSSR count). The molecule has 5 nitrogen and oxygen atoms in total. The quantitative estimate of drug-likeness (QED) is 0.679. The SMILES string of the molecule is CN(Cc1ccccc1NC(=O)c1cc(=O)c2ccccc2o1)C1CCCCC1. The maximum Gasteiger partial charge on any atom is 0.291 e. The van der Waals surface area contributed by atoms with Crippen LogP contribution in [0.2, 0.25) is 0 Å². The van der Waals surface area contributed by atoms with E-state index in [1.807, 2.05) is 24.3 Å². The highest BCUT2D eigenvalue weighted by molar-refractivity contribution is 6.03. The van der Waals surface area contributed by atoms with E-state index in [0.717, 1.165) is 17.8 Å². The summed E-state index contributed by atoms with van der Waals surface area (Å²) in [6, 6.07) is 16.6. The summed E-state index contributed by atoms with van der Waals surface area (Å²) in [5.41, 5.74) is 1.99. The van der Waals surface area contributed by atoms with Gasteiger partial charge in [0.25, 0.3) is 5.91 Å². The Bertz CT molecular complexity index is 1070. The number of carbonyl (C=O) groups is 1. The fourth-order valence-corrected chi connectivity index (χ4v) is 4.10. The third kappa shape index (κ3) is 4.40. The molecule has 150 valence electrons. The first-order valence-corrected chi connectivity index (χ1v) is 10.2. The lowest BCUT2D eigenvalue weighted by Crippen LogP contribution is -2.33. The molecule has 1 aromatic heterocycles. The second-order valence-electron chi connectivity index (χ2n) is 7.79. The second kappa shape index (κ2) is 8.62. The van der Waals surface area contributed by atoms with Crippen molar-refractivity contribution in [3.05, 3.63) is 76.1 Å². The summed E-state index contributed by atoms with van der Waals surface area (Å²) < 4.78 is 5.67. The number of fused-ring (bicyclic) bond motifs is 1. The van der Waals surface area contributed by atoms with Crippen molar-refractivity contribution in [2.75, 3.05) is 12.4 Å². The maximum atomic E-state index is 12.8. The van der Waals surface area contributed by atoms with E-state index in [1.165, 1.54) is 38.2 Å². The van der Waals surface area contributed by atoms with E-state index in [4.69, 9.17) is 4.42 Å². The van der Waals surface area contributed by atoms with Crippen molar-refractivity contribution in [1.82, 2.24) is 4.90 Å². The Morgan fingerprint density at radius 1 is 1.07 bits per heavy atom. The molecule has 5 heteroatoms. The fraction of sp³-hybridized carbons (Fsp3) is 0.333. The lowest BCUT2D eigenvalue weighted by molar-refractivity contribution is 0.0997. The van der Waals surface area contributed by atoms with Gasteiger partial charge in [-0.3, -0.25) is 14.5 Å². The first-order chi connectivity index (χ1) is 14.1. The van der Waals surface area contributed by atoms with E-state index < -0.39 is 5.91 Å². The van der Waals surface area contributed by atoms with Crippen LogP contribution in [0.15, 0.2) is 63.8 Å². The third-order valence-corrected chi connectivity index (χ3v) is 5.74. The molecule has 0 radical (unpaired) electrons. The van der Waals surface area contributed by atoms with Gasteiger partial charge in [-0.15, -0.1) is 0 Å². The number of para-hydroxylation sites is 2. The number of nitrogens with one attached hydrogen (secondary N) is 1. The van der Waals surface area contributed by atoms with Gasteiger partial charge < -0.3 is 9.73 Å². The lowest BCUT2D eigenvalue weighted by atomic mass is 9.94. The van der Waals surface area contributed by atoms with Gasteiger partial charge in [0.2, 0.25) is 0 Å². The van der Waals surface area contributed by atoms with Gasteiger partial charge in [-0.05, 0) is 43.7 Å². The third-order valence-electron chi connectivity index (χ3n) is 5.74. The van der Waals surface area contributed by atoms with Crippen LogP contribution in [-0.2, 0) is 6.54 Å². The Kier molecular flexibility index (Phi) is 5.76. The van der Waals surface area contributed by atoms with Gasteiger partial charge in [0.15, 0.2) is 11.2 Å². The van der Waals surface area contributed by atoms with Gasteiger partial charge in [0, 0.05) is 24.3 Å². The molecule has 0 bridgehead atoms. The summed E-state index contributed by atoms with van der Waals surface area (Å²) in [6.07, 6.45) is 6.36. The van der Waals surface area contributed by atoms with E-state index >= 15 is 0 Å². The van der Waals surface area contributed by atoms with Gasteiger partial charge in [-0.1, -0.05) is 49.6 Å². The summed E-state index contributed by atoms with van der Waals surface area (Å²) in [6.45, 7) is 0.767. The van der Waals surface area contributed by atoms with E-state index in [0.29, 0.717) is 17.0 Å². The van der Waals surface area contributed by atoms with Crippen molar-refractivity contribution in [2.24, 2.45) is 0 Å². The molecule has 0 spiro atoms. The normalized spacial score (nSPS) is 15.0. The van der Waals surface area contributed by atoms with Gasteiger partial charge in [0.1, 0.15) is 5.58 Å². The predicted molar refractivity (Wildman–Crippen MR) is 115 cm³/mol. The number of hydrogen-bond acceptors (Lipinski definition) is 4. The number of carbonyl (C=O) groups excluding carboxylic acids is 1. The molecule has 1 amide bonds. The summed E-state index contributed by atoms with van der Waals surface area (Å²) in [4.78, 5) is 27.5. The summed E-state index contributed by atoms with van der Waals surface area (Å²) in [7, 11) is 2.15. The molecular weight excluding hydrogens is 364 g/mol. The monoisotopic (exact) mass is 390 g/mol. The Morgan fingerprint density at radius 2 is 1.79 bits per heavy atom. The molecule has 1 aliphatic rings. The van der Waals surface area contributed by atoms with Crippen LogP contribution in [-0.4, -0.2) is 23.9 Å². The zero-order valence-electron chi connectivity index (χ0n) is 16.7. The van der Waals surface area contributed by atoms with Crippen molar-refractivity contribution in [3.8, 4) is 0 Å². The van der Waals surface area contributed by atoms with Crippen LogP contribution in [0.3, 0.4) is 0 Å². The van der Waals surface area contributed by atoms with Crippen LogP contribution in [0.25, 0.3) is 11.0 Å². The minimum atomic E-state index is -0.416. The zero-order chi connectivity index (χ0) is 20.2. The highest BCUT2D eigenvalue weighted by atomic mass is 16.3. The summed E-state index contributed by atoms with van der Waals surface area (Å²) >= 11 is 0. The van der Waals surface area contributed by atoms with Crippen LogP contribution >= 0.6 is 0 Å². The van der Waals surface area contributed by atoms with Crippen molar-refractivity contribution in [2.45, 2.75) is 44.7 Å². The molecule has 0 aliphatic heterocycles. The van der Waals surface area contributed by atoms with E-state index in [-0.39, 0.29) is 11.2 Å². The smallest absolute Gasteiger partial charge is 0.291 e. The average molecular weight is 390 g/mol. The number of hydrogen-bond donors (Lipinski definition) is 1. The summed E-state index contributed by atoms with van der Waals surface area (Å²) in [5, 5.41) is 3.40. The lowest BCUT2D eigenvalue weighted by Gasteiger charge is -2.31. The Balaban J connectivity index is 1.54. The van der Waals surface area contributed by atoms with Crippen molar-refractivity contribution in [1.29, 1.82) is 0 Å². The van der Waals surface area contributed by atoms with Crippen molar-refractivity contribution >= 4 is 22.6 Å². The van der Waals surface area contributed by atoms with Crippen molar-refractivity contribution < 1.29 is 9.21 Å². The molecule has 1 aliphatic carbocycles. The molecule has 3 aromatic rings. The zero-order valence-corrected chi connectivity index (χ0v) is 16.7. The minimum Gasteiger partial charge on any atom is -0.451 e. The highest BCUT2D eigenvalue weighted by Gasteiger charge is 2.20. The van der Waals surface area contributed by atoms with Gasteiger partial charge >= 0.3 is 0 Å². The molecule has 1 saturated carbocycles. The first-order valence-electron chi connectivity index (χ1n) is 10.2. The summed E-state index contributed by atoms with van der Waals surface area (Å²) in [5.74, 6) is -0.398. The van der Waals surface area contributed by atoms with Crippen LogP contribution in [0.4, 0.5) is 5.69 Å². The van der Waals surface area contributed by atoms with Crippen LogP contribution in [0, 0.1) is 0 Å². The molecule has 2 aromatic carbocycles. The topological polar surface area (TPSA) is 62.6 Å². The van der Waals surface area contributed by atoms with Crippen LogP contribution in [0.5, 0.6) is 0 Å². The standard InChI is InChI=1S/C24H26N2O3/c1-26(18-10-3-2-4-11-18)16-17-9-5-7-13-20(17)25-24(28)23-15-21(27)19-12-6-8-14-22(19)29-23/h5-9,12-15,18H,2-4,10-11,16H2,1H3,(H,25,28). The fourth-order valence-electron chi connectivity index (χ4n) is 4.10.